The zero-order valence-electron chi connectivity index (χ0n) is 16.2. The second-order valence-corrected chi connectivity index (χ2v) is 7.55. The third-order valence-corrected chi connectivity index (χ3v) is 5.22. The standard InChI is InChI=1S/C21H20N2O5S/c1-12-6-7-13(2)15(9-12)22-17(24)11-28-21(26)19-14(3)10-18(29-19)23-20(25)16-5-4-8-27-16/h4-10H,11H2,1-3H3,(H,22,24)(H,23,25). The maximum absolute atomic E-state index is 12.3. The largest absolute Gasteiger partial charge is 0.459 e. The van der Waals surface area contributed by atoms with Crippen LogP contribution >= 0.6 is 11.3 Å². The molecule has 0 unspecified atom stereocenters. The number of thiophene rings is 1. The Labute approximate surface area is 171 Å². The Morgan fingerprint density at radius 2 is 1.83 bits per heavy atom. The van der Waals surface area contributed by atoms with Crippen LogP contribution in [0.15, 0.2) is 47.1 Å². The number of nitrogens with one attached hydrogen (secondary N) is 2. The minimum absolute atomic E-state index is 0.170. The van der Waals surface area contributed by atoms with Crippen molar-refractivity contribution in [1.29, 1.82) is 0 Å². The number of hydrogen-bond donors (Lipinski definition) is 2. The molecule has 0 saturated carbocycles. The van der Waals surface area contributed by atoms with E-state index in [0.717, 1.165) is 22.5 Å². The summed E-state index contributed by atoms with van der Waals surface area (Å²) in [6.07, 6.45) is 1.40. The van der Waals surface area contributed by atoms with Crippen LogP contribution in [0.3, 0.4) is 0 Å². The summed E-state index contributed by atoms with van der Waals surface area (Å²) in [6.45, 7) is 5.13. The van der Waals surface area contributed by atoms with Gasteiger partial charge in [0.15, 0.2) is 12.4 Å². The van der Waals surface area contributed by atoms with E-state index < -0.39 is 24.4 Å². The molecule has 2 N–H and O–H groups in total. The van der Waals surface area contributed by atoms with E-state index in [9.17, 15) is 14.4 Å². The number of aryl methyl sites for hydroxylation is 3. The van der Waals surface area contributed by atoms with Crippen LogP contribution in [-0.2, 0) is 9.53 Å². The number of amides is 2. The van der Waals surface area contributed by atoms with Crippen LogP contribution in [0.4, 0.5) is 10.7 Å². The van der Waals surface area contributed by atoms with Gasteiger partial charge < -0.3 is 19.8 Å². The van der Waals surface area contributed by atoms with Crippen LogP contribution < -0.4 is 10.6 Å². The van der Waals surface area contributed by atoms with Crippen LogP contribution in [0.25, 0.3) is 0 Å². The third kappa shape index (κ3) is 5.11. The second kappa shape index (κ2) is 8.74. The molecule has 150 valence electrons. The lowest BCUT2D eigenvalue weighted by atomic mass is 10.1. The Balaban J connectivity index is 1.58. The Morgan fingerprint density at radius 3 is 2.55 bits per heavy atom. The van der Waals surface area contributed by atoms with Crippen molar-refractivity contribution in [3.8, 4) is 0 Å². The molecule has 29 heavy (non-hydrogen) atoms. The highest BCUT2D eigenvalue weighted by molar-refractivity contribution is 7.18. The molecular formula is C21H20N2O5S. The van der Waals surface area contributed by atoms with Crippen molar-refractivity contribution < 1.29 is 23.5 Å². The minimum Gasteiger partial charge on any atom is -0.459 e. The molecule has 1 aromatic carbocycles. The normalized spacial score (nSPS) is 10.4. The Kier molecular flexibility index (Phi) is 6.13. The smallest absolute Gasteiger partial charge is 0.349 e. The van der Waals surface area contributed by atoms with Crippen LogP contribution in [0.2, 0.25) is 0 Å². The Morgan fingerprint density at radius 1 is 1.03 bits per heavy atom. The molecule has 2 heterocycles. The van der Waals surface area contributed by atoms with E-state index in [0.29, 0.717) is 21.1 Å². The molecule has 2 amide bonds. The topological polar surface area (TPSA) is 97.6 Å². The van der Waals surface area contributed by atoms with E-state index in [1.807, 2.05) is 32.0 Å². The molecule has 2 aromatic heterocycles. The van der Waals surface area contributed by atoms with Crippen LogP contribution in [0, 0.1) is 20.8 Å². The van der Waals surface area contributed by atoms with Gasteiger partial charge >= 0.3 is 5.97 Å². The first-order chi connectivity index (χ1) is 13.8. The van der Waals surface area contributed by atoms with Gasteiger partial charge in [0.1, 0.15) is 4.88 Å². The molecule has 0 aliphatic carbocycles. The van der Waals surface area contributed by atoms with E-state index >= 15 is 0 Å². The van der Waals surface area contributed by atoms with Gasteiger partial charge in [0.05, 0.1) is 11.3 Å². The van der Waals surface area contributed by atoms with E-state index in [-0.39, 0.29) is 5.76 Å². The molecule has 3 rings (SSSR count). The monoisotopic (exact) mass is 412 g/mol. The first kappa shape index (κ1) is 20.3. The lowest BCUT2D eigenvalue weighted by molar-refractivity contribution is -0.119. The van der Waals surface area contributed by atoms with Crippen molar-refractivity contribution in [2.24, 2.45) is 0 Å². The van der Waals surface area contributed by atoms with Crippen LogP contribution in [0.1, 0.15) is 36.9 Å². The van der Waals surface area contributed by atoms with Gasteiger partial charge in [-0.2, -0.15) is 0 Å². The number of hydrogen-bond acceptors (Lipinski definition) is 6. The predicted octanol–water partition coefficient (Wildman–Crippen LogP) is 4.31. The van der Waals surface area contributed by atoms with Gasteiger partial charge in [0.2, 0.25) is 0 Å². The quantitative estimate of drug-likeness (QED) is 0.588. The molecule has 0 radical (unpaired) electrons. The number of rotatable bonds is 6. The highest BCUT2D eigenvalue weighted by Crippen LogP contribution is 2.28. The number of anilines is 2. The molecule has 0 bridgehead atoms. The van der Waals surface area contributed by atoms with Crippen LogP contribution in [0.5, 0.6) is 0 Å². The maximum atomic E-state index is 12.3. The lowest BCUT2D eigenvalue weighted by Gasteiger charge is -2.09. The summed E-state index contributed by atoms with van der Waals surface area (Å²) < 4.78 is 10.2. The first-order valence-electron chi connectivity index (χ1n) is 8.83. The van der Waals surface area contributed by atoms with Gasteiger partial charge in [-0.05, 0) is 61.7 Å². The van der Waals surface area contributed by atoms with E-state index in [1.165, 1.54) is 6.26 Å². The minimum atomic E-state index is -0.623. The van der Waals surface area contributed by atoms with Gasteiger partial charge in [-0.3, -0.25) is 9.59 Å². The summed E-state index contributed by atoms with van der Waals surface area (Å²) in [6, 6.07) is 10.5. The summed E-state index contributed by atoms with van der Waals surface area (Å²) >= 11 is 1.07. The fourth-order valence-electron chi connectivity index (χ4n) is 2.58. The van der Waals surface area contributed by atoms with Gasteiger partial charge in [0.25, 0.3) is 11.8 Å². The van der Waals surface area contributed by atoms with Crippen molar-refractivity contribution in [2.75, 3.05) is 17.2 Å². The zero-order valence-corrected chi connectivity index (χ0v) is 17.0. The van der Waals surface area contributed by atoms with Gasteiger partial charge in [-0.15, -0.1) is 11.3 Å². The molecule has 0 aliphatic rings. The van der Waals surface area contributed by atoms with Gasteiger partial charge in [-0.25, -0.2) is 4.79 Å². The molecule has 8 heteroatoms. The van der Waals surface area contributed by atoms with Crippen molar-refractivity contribution in [3.05, 3.63) is 70.0 Å². The van der Waals surface area contributed by atoms with E-state index in [1.54, 1.807) is 25.1 Å². The molecule has 0 atom stereocenters. The molecule has 0 spiro atoms. The summed E-state index contributed by atoms with van der Waals surface area (Å²) in [5, 5.41) is 5.89. The molecule has 0 aliphatic heterocycles. The molecule has 0 fully saturated rings. The fourth-order valence-corrected chi connectivity index (χ4v) is 3.54. The lowest BCUT2D eigenvalue weighted by Crippen LogP contribution is -2.21. The van der Waals surface area contributed by atoms with Gasteiger partial charge in [-0.1, -0.05) is 12.1 Å². The van der Waals surface area contributed by atoms with Crippen molar-refractivity contribution in [3.63, 3.8) is 0 Å². The highest BCUT2D eigenvalue weighted by atomic mass is 32.1. The fraction of sp³-hybridized carbons (Fsp3) is 0.190. The zero-order chi connectivity index (χ0) is 21.0. The summed E-state index contributed by atoms with van der Waals surface area (Å²) in [7, 11) is 0. The number of carbonyl (C=O) groups is 3. The van der Waals surface area contributed by atoms with Crippen molar-refractivity contribution in [1.82, 2.24) is 0 Å². The number of benzene rings is 1. The number of esters is 1. The van der Waals surface area contributed by atoms with E-state index in [2.05, 4.69) is 10.6 Å². The van der Waals surface area contributed by atoms with E-state index in [4.69, 9.17) is 9.15 Å². The maximum Gasteiger partial charge on any atom is 0.349 e. The molecule has 3 aromatic rings. The first-order valence-corrected chi connectivity index (χ1v) is 9.64. The van der Waals surface area contributed by atoms with Crippen LogP contribution in [-0.4, -0.2) is 24.4 Å². The Bertz CT molecular complexity index is 1050. The molecule has 0 saturated heterocycles. The average Bonchev–Trinajstić information content (AvgIpc) is 3.33. The predicted molar refractivity (Wildman–Crippen MR) is 111 cm³/mol. The molecule has 7 nitrogen and oxygen atoms in total. The third-order valence-electron chi connectivity index (χ3n) is 4.09. The SMILES string of the molecule is Cc1ccc(C)c(NC(=O)COC(=O)c2sc(NC(=O)c3ccco3)cc2C)c1. The summed E-state index contributed by atoms with van der Waals surface area (Å²) in [5.74, 6) is -1.29. The average molecular weight is 412 g/mol. The summed E-state index contributed by atoms with van der Waals surface area (Å²) in [5.41, 5.74) is 3.26. The highest BCUT2D eigenvalue weighted by Gasteiger charge is 2.19. The number of ether oxygens (including phenoxy) is 1. The number of carbonyl (C=O) groups excluding carboxylic acids is 3. The van der Waals surface area contributed by atoms with Gasteiger partial charge in [0, 0.05) is 5.69 Å². The Hall–Kier alpha value is -3.39. The van der Waals surface area contributed by atoms with Crippen molar-refractivity contribution in [2.45, 2.75) is 20.8 Å². The molecular weight excluding hydrogens is 392 g/mol. The van der Waals surface area contributed by atoms with Crippen molar-refractivity contribution >= 4 is 39.8 Å². The number of furan rings is 1. The second-order valence-electron chi connectivity index (χ2n) is 6.50. The summed E-state index contributed by atoms with van der Waals surface area (Å²) in [4.78, 5) is 36.8.